The van der Waals surface area contributed by atoms with Gasteiger partial charge in [0.05, 0.1) is 6.61 Å². The molecule has 0 aromatic heterocycles. The van der Waals surface area contributed by atoms with Crippen molar-refractivity contribution in [2.24, 2.45) is 5.84 Å². The summed E-state index contributed by atoms with van der Waals surface area (Å²) in [6.45, 7) is 3.18. The Hall–Kier alpha value is -0.910. The average Bonchev–Trinajstić information content (AvgIpc) is 2.40. The number of ether oxygens (including phenoxy) is 1. The van der Waals surface area contributed by atoms with E-state index in [4.69, 9.17) is 10.6 Å². The summed E-state index contributed by atoms with van der Waals surface area (Å²) < 4.78 is 4.80. The summed E-state index contributed by atoms with van der Waals surface area (Å²) in [4.78, 5) is 11.0. The molecule has 0 aliphatic rings. The van der Waals surface area contributed by atoms with Crippen LogP contribution in [0, 0.1) is 0 Å². The van der Waals surface area contributed by atoms with Crippen molar-refractivity contribution in [3.05, 3.63) is 12.2 Å². The molecule has 0 amide bonds. The quantitative estimate of drug-likeness (QED) is 0.157. The molecule has 0 saturated carbocycles. The second-order valence-corrected chi connectivity index (χ2v) is 4.49. The number of hydrogen-bond donors (Lipinski definition) is 3. The van der Waals surface area contributed by atoms with Crippen LogP contribution in [0.3, 0.4) is 0 Å². The molecule has 0 aromatic rings. The van der Waals surface area contributed by atoms with E-state index in [-0.39, 0.29) is 5.97 Å². The van der Waals surface area contributed by atoms with Crippen molar-refractivity contribution >= 4 is 5.97 Å². The van der Waals surface area contributed by atoms with E-state index in [2.05, 4.69) is 11.0 Å². The van der Waals surface area contributed by atoms with Crippen LogP contribution in [-0.4, -0.2) is 19.1 Å². The summed E-state index contributed by atoms with van der Waals surface area (Å²) in [6, 6.07) is 0. The largest absolute Gasteiger partial charge is 0.463 e. The third-order valence-corrected chi connectivity index (χ3v) is 2.82. The Morgan fingerprint density at radius 3 is 2.37 bits per heavy atom. The fraction of sp³-hybridized carbons (Fsp3) is 0.786. The minimum absolute atomic E-state index is 0.233. The molecule has 0 rings (SSSR count). The van der Waals surface area contributed by atoms with Gasteiger partial charge in [0.15, 0.2) is 0 Å². The van der Waals surface area contributed by atoms with E-state index in [1.54, 1.807) is 0 Å². The highest BCUT2D eigenvalue weighted by molar-refractivity contribution is 5.81. The summed E-state index contributed by atoms with van der Waals surface area (Å²) in [7, 11) is 0. The zero-order valence-electron chi connectivity index (χ0n) is 12.1. The highest BCUT2D eigenvalue weighted by atomic mass is 16.5. The Balaban J connectivity index is 3.12. The van der Waals surface area contributed by atoms with Crippen LogP contribution >= 0.6 is 0 Å². The first-order chi connectivity index (χ1) is 9.31. The molecule has 112 valence electrons. The third kappa shape index (κ3) is 15.0. The van der Waals surface area contributed by atoms with E-state index in [1.807, 2.05) is 13.0 Å². The van der Waals surface area contributed by atoms with Crippen molar-refractivity contribution in [1.29, 1.82) is 0 Å². The van der Waals surface area contributed by atoms with Gasteiger partial charge in [-0.15, -0.1) is 0 Å². The van der Waals surface area contributed by atoms with Gasteiger partial charge in [-0.2, -0.15) is 5.53 Å². The molecule has 19 heavy (non-hydrogen) atoms. The topological polar surface area (TPSA) is 76.4 Å². The molecule has 4 N–H and O–H groups in total. The van der Waals surface area contributed by atoms with Gasteiger partial charge < -0.3 is 4.74 Å². The van der Waals surface area contributed by atoms with E-state index >= 15 is 0 Å². The van der Waals surface area contributed by atoms with Crippen LogP contribution in [0.15, 0.2) is 12.2 Å². The van der Waals surface area contributed by atoms with E-state index in [9.17, 15) is 4.79 Å². The molecular formula is C14H29N3O2. The molecule has 0 aliphatic heterocycles. The van der Waals surface area contributed by atoms with Gasteiger partial charge in [0.2, 0.25) is 0 Å². The predicted molar refractivity (Wildman–Crippen MR) is 78.0 cm³/mol. The van der Waals surface area contributed by atoms with Gasteiger partial charge in [-0.1, -0.05) is 38.2 Å². The molecule has 0 atom stereocenters. The van der Waals surface area contributed by atoms with E-state index < -0.39 is 0 Å². The Bertz CT molecular complexity index is 233. The Morgan fingerprint density at radius 1 is 1.11 bits per heavy atom. The number of allylic oxidation sites excluding steroid dienone is 1. The lowest BCUT2D eigenvalue weighted by molar-refractivity contribution is -0.137. The van der Waals surface area contributed by atoms with Crippen LogP contribution in [0.1, 0.15) is 58.3 Å². The summed E-state index contributed by atoms with van der Waals surface area (Å²) in [5.74, 6) is 4.86. The maximum atomic E-state index is 11.0. The molecule has 0 saturated heterocycles. The zero-order valence-corrected chi connectivity index (χ0v) is 12.1. The number of unbranched alkanes of at least 4 members (excludes halogenated alkanes) is 7. The second kappa shape index (κ2) is 15.1. The lowest BCUT2D eigenvalue weighted by Crippen LogP contribution is -2.38. The van der Waals surface area contributed by atoms with Gasteiger partial charge in [0, 0.05) is 12.6 Å². The molecule has 5 nitrogen and oxygen atoms in total. The maximum absolute atomic E-state index is 11.0. The number of nitrogens with one attached hydrogen (secondary N) is 2. The minimum Gasteiger partial charge on any atom is -0.463 e. The second-order valence-electron chi connectivity index (χ2n) is 4.49. The molecule has 0 aliphatic carbocycles. The molecule has 0 unspecified atom stereocenters. The number of hydrogen-bond acceptors (Lipinski definition) is 5. The Morgan fingerprint density at radius 2 is 1.74 bits per heavy atom. The molecule has 5 heteroatoms. The highest BCUT2D eigenvalue weighted by Crippen LogP contribution is 2.08. The first kappa shape index (κ1) is 18.1. The molecule has 0 spiro atoms. The Labute approximate surface area is 116 Å². The van der Waals surface area contributed by atoms with Crippen LogP contribution in [0.5, 0.6) is 0 Å². The van der Waals surface area contributed by atoms with Crippen LogP contribution in [0.2, 0.25) is 0 Å². The van der Waals surface area contributed by atoms with Gasteiger partial charge in [-0.05, 0) is 26.2 Å². The summed E-state index contributed by atoms with van der Waals surface area (Å²) in [6.07, 6.45) is 13.0. The Kier molecular flexibility index (Phi) is 14.4. The van der Waals surface area contributed by atoms with Crippen LogP contribution < -0.4 is 16.8 Å². The number of carbonyl (C=O) groups is 1. The molecular weight excluding hydrogens is 242 g/mol. The van der Waals surface area contributed by atoms with Crippen LogP contribution in [0.4, 0.5) is 0 Å². The normalized spacial score (nSPS) is 11.1. The summed E-state index contributed by atoms with van der Waals surface area (Å²) in [5.41, 5.74) is 5.30. The van der Waals surface area contributed by atoms with Crippen molar-refractivity contribution < 1.29 is 9.53 Å². The van der Waals surface area contributed by atoms with Crippen molar-refractivity contribution in [1.82, 2.24) is 11.0 Å². The van der Waals surface area contributed by atoms with Gasteiger partial charge in [0.1, 0.15) is 0 Å². The lowest BCUT2D eigenvalue weighted by Gasteiger charge is -2.02. The first-order valence-electron chi connectivity index (χ1n) is 7.33. The fourth-order valence-electron chi connectivity index (χ4n) is 1.80. The zero-order chi connectivity index (χ0) is 14.2. The summed E-state index contributed by atoms with van der Waals surface area (Å²) >= 11 is 0. The van der Waals surface area contributed by atoms with E-state index in [0.717, 1.165) is 25.8 Å². The first-order valence-corrected chi connectivity index (χ1v) is 7.33. The fourth-order valence-corrected chi connectivity index (χ4v) is 1.80. The molecule has 0 radical (unpaired) electrons. The number of nitrogens with two attached hydrogens (primary N) is 1. The predicted octanol–water partition coefficient (Wildman–Crippen LogP) is 2.19. The van der Waals surface area contributed by atoms with Gasteiger partial charge >= 0.3 is 5.97 Å². The van der Waals surface area contributed by atoms with Crippen molar-refractivity contribution in [3.8, 4) is 0 Å². The number of rotatable bonds is 13. The van der Waals surface area contributed by atoms with Crippen LogP contribution in [-0.2, 0) is 9.53 Å². The van der Waals surface area contributed by atoms with E-state index in [0.29, 0.717) is 6.61 Å². The lowest BCUT2D eigenvalue weighted by atomic mass is 10.1. The van der Waals surface area contributed by atoms with Crippen molar-refractivity contribution in [2.45, 2.75) is 58.3 Å². The third-order valence-electron chi connectivity index (χ3n) is 2.82. The van der Waals surface area contributed by atoms with E-state index in [1.165, 1.54) is 38.2 Å². The monoisotopic (exact) mass is 271 g/mol. The summed E-state index contributed by atoms with van der Waals surface area (Å²) in [5, 5.41) is 0. The van der Waals surface area contributed by atoms with Gasteiger partial charge in [0.25, 0.3) is 0 Å². The van der Waals surface area contributed by atoms with Gasteiger partial charge in [-0.3, -0.25) is 5.84 Å². The highest BCUT2D eigenvalue weighted by Gasteiger charge is 1.93. The van der Waals surface area contributed by atoms with Crippen LogP contribution in [0.25, 0.3) is 0 Å². The average molecular weight is 271 g/mol. The number of esters is 1. The molecule has 0 heterocycles. The van der Waals surface area contributed by atoms with Crippen molar-refractivity contribution in [2.75, 3.05) is 13.2 Å². The smallest absolute Gasteiger partial charge is 0.330 e. The standard InChI is InChI=1S/C14H29N3O2/c1-2-19-14(18)12-10-8-6-4-3-5-7-9-11-13-16-17-15/h10,12,16-17H,2-9,11,13,15H2,1H3. The molecule has 0 fully saturated rings. The number of hydrazine groups is 2. The van der Waals surface area contributed by atoms with Gasteiger partial charge in [-0.25, -0.2) is 10.2 Å². The SMILES string of the molecule is CCOC(=O)C=CCCCCCCCCCNNN. The molecule has 0 aromatic carbocycles. The minimum atomic E-state index is -0.233. The maximum Gasteiger partial charge on any atom is 0.330 e. The van der Waals surface area contributed by atoms with Crippen molar-refractivity contribution in [3.63, 3.8) is 0 Å². The molecule has 0 bridgehead atoms. The number of carbonyl (C=O) groups excluding carboxylic acids is 1.